The largest absolute Gasteiger partial charge is 0.325 e. The van der Waals surface area contributed by atoms with Gasteiger partial charge >= 0.3 is 0 Å². The Balaban J connectivity index is 2.10. The van der Waals surface area contributed by atoms with Crippen molar-refractivity contribution >= 4 is 15.9 Å². The third kappa shape index (κ3) is 2.58. The third-order valence-electron chi connectivity index (χ3n) is 3.11. The molecule has 15 heavy (non-hydrogen) atoms. The Bertz CT molecular complexity index is 385. The quantitative estimate of drug-likeness (QED) is 0.897. The van der Waals surface area contributed by atoms with Crippen LogP contribution in [-0.4, -0.2) is 5.54 Å². The molecule has 0 bridgehead atoms. The Labute approximate surface area is 98.0 Å². The van der Waals surface area contributed by atoms with Gasteiger partial charge in [-0.1, -0.05) is 22.0 Å². The van der Waals surface area contributed by atoms with Crippen LogP contribution in [0.4, 0.5) is 4.39 Å². The summed E-state index contributed by atoms with van der Waals surface area (Å²) in [6.07, 6.45) is 3.82. The highest BCUT2D eigenvalue weighted by atomic mass is 79.9. The van der Waals surface area contributed by atoms with Crippen LogP contribution in [0.25, 0.3) is 0 Å². The Kier molecular flexibility index (Phi) is 2.86. The monoisotopic (exact) mass is 271 g/mol. The minimum Gasteiger partial charge on any atom is -0.325 e. The van der Waals surface area contributed by atoms with Crippen molar-refractivity contribution in [3.05, 3.63) is 33.5 Å². The fraction of sp³-hybridized carbons (Fsp3) is 0.500. The van der Waals surface area contributed by atoms with Gasteiger partial charge in [-0.15, -0.1) is 0 Å². The van der Waals surface area contributed by atoms with Crippen LogP contribution in [0.3, 0.4) is 0 Å². The first-order chi connectivity index (χ1) is 7.00. The Morgan fingerprint density at radius 3 is 2.73 bits per heavy atom. The van der Waals surface area contributed by atoms with Gasteiger partial charge in [-0.05, 0) is 49.8 Å². The average molecular weight is 272 g/mol. The summed E-state index contributed by atoms with van der Waals surface area (Å²) < 4.78 is 14.4. The zero-order chi connectivity index (χ0) is 11.1. The molecule has 82 valence electrons. The zero-order valence-corrected chi connectivity index (χ0v) is 10.4. The highest BCUT2D eigenvalue weighted by Gasteiger charge is 2.37. The topological polar surface area (TPSA) is 26.0 Å². The number of halogens is 2. The van der Waals surface area contributed by atoms with Crippen LogP contribution in [-0.2, 0) is 6.42 Å². The van der Waals surface area contributed by atoms with E-state index in [4.69, 9.17) is 5.73 Å². The molecule has 1 aliphatic carbocycles. The Morgan fingerprint density at radius 2 is 2.13 bits per heavy atom. The summed E-state index contributed by atoms with van der Waals surface area (Å²) in [6, 6.07) is 3.45. The summed E-state index contributed by atoms with van der Waals surface area (Å²) in [6.45, 7) is 1.97. The summed E-state index contributed by atoms with van der Waals surface area (Å²) >= 11 is 3.32. The van der Waals surface area contributed by atoms with Gasteiger partial charge in [-0.3, -0.25) is 0 Å². The molecule has 0 aromatic heterocycles. The molecule has 1 aliphatic rings. The summed E-state index contributed by atoms with van der Waals surface area (Å²) in [4.78, 5) is 0. The molecule has 0 unspecified atom stereocenters. The lowest BCUT2D eigenvalue weighted by Gasteiger charge is -2.10. The van der Waals surface area contributed by atoms with Gasteiger partial charge in [0.25, 0.3) is 0 Å². The van der Waals surface area contributed by atoms with Gasteiger partial charge in [0.15, 0.2) is 0 Å². The second-order valence-electron chi connectivity index (χ2n) is 4.56. The van der Waals surface area contributed by atoms with Crippen molar-refractivity contribution in [3.63, 3.8) is 0 Å². The van der Waals surface area contributed by atoms with Crippen LogP contribution >= 0.6 is 15.9 Å². The number of benzene rings is 1. The standard InChI is InChI=1S/C12H15BrFN/c1-8-6-9(11(14)7-10(8)13)2-3-12(15)4-5-12/h6-7H,2-5,15H2,1H3. The van der Waals surface area contributed by atoms with Crippen LogP contribution in [0.1, 0.15) is 30.4 Å². The van der Waals surface area contributed by atoms with Gasteiger partial charge in [0, 0.05) is 10.0 Å². The second kappa shape index (κ2) is 3.87. The molecule has 0 aliphatic heterocycles. The van der Waals surface area contributed by atoms with E-state index in [2.05, 4.69) is 15.9 Å². The molecule has 0 spiro atoms. The molecule has 1 aromatic rings. The number of rotatable bonds is 3. The molecule has 0 amide bonds. The van der Waals surface area contributed by atoms with Crippen molar-refractivity contribution in [2.45, 2.75) is 38.1 Å². The minimum atomic E-state index is -0.128. The van der Waals surface area contributed by atoms with Crippen molar-refractivity contribution < 1.29 is 4.39 Å². The van der Waals surface area contributed by atoms with Crippen molar-refractivity contribution in [2.24, 2.45) is 5.73 Å². The number of hydrogen-bond donors (Lipinski definition) is 1. The first kappa shape index (κ1) is 11.1. The molecule has 0 saturated heterocycles. The first-order valence-electron chi connectivity index (χ1n) is 5.24. The van der Waals surface area contributed by atoms with Gasteiger partial charge < -0.3 is 5.73 Å². The van der Waals surface area contributed by atoms with Gasteiger partial charge in [-0.2, -0.15) is 0 Å². The fourth-order valence-corrected chi connectivity index (χ4v) is 2.02. The van der Waals surface area contributed by atoms with E-state index in [1.54, 1.807) is 6.07 Å². The summed E-state index contributed by atoms with van der Waals surface area (Å²) in [7, 11) is 0. The lowest BCUT2D eigenvalue weighted by molar-refractivity contribution is 0.570. The smallest absolute Gasteiger partial charge is 0.127 e. The molecular formula is C12H15BrFN. The molecule has 1 saturated carbocycles. The normalized spacial score (nSPS) is 17.9. The molecule has 0 heterocycles. The average Bonchev–Trinajstić information content (AvgIpc) is 2.89. The molecule has 1 fully saturated rings. The molecule has 0 atom stereocenters. The third-order valence-corrected chi connectivity index (χ3v) is 3.97. The molecule has 2 rings (SSSR count). The highest BCUT2D eigenvalue weighted by Crippen LogP contribution is 2.37. The van der Waals surface area contributed by atoms with E-state index >= 15 is 0 Å². The maximum atomic E-state index is 13.6. The van der Waals surface area contributed by atoms with Gasteiger partial charge in [0.2, 0.25) is 0 Å². The zero-order valence-electron chi connectivity index (χ0n) is 8.82. The second-order valence-corrected chi connectivity index (χ2v) is 5.41. The maximum Gasteiger partial charge on any atom is 0.127 e. The van der Waals surface area contributed by atoms with Crippen LogP contribution in [0, 0.1) is 12.7 Å². The summed E-state index contributed by atoms with van der Waals surface area (Å²) in [5.41, 5.74) is 7.85. The predicted octanol–water partition coefficient (Wildman–Crippen LogP) is 3.32. The molecule has 2 N–H and O–H groups in total. The van der Waals surface area contributed by atoms with E-state index in [0.717, 1.165) is 41.3 Å². The summed E-state index contributed by atoms with van der Waals surface area (Å²) in [5.74, 6) is -0.128. The number of nitrogens with two attached hydrogens (primary N) is 1. The Hall–Kier alpha value is -0.410. The van der Waals surface area contributed by atoms with Gasteiger partial charge in [-0.25, -0.2) is 4.39 Å². The number of aryl methyl sites for hydroxylation is 2. The highest BCUT2D eigenvalue weighted by molar-refractivity contribution is 9.10. The van der Waals surface area contributed by atoms with E-state index in [1.165, 1.54) is 0 Å². The first-order valence-corrected chi connectivity index (χ1v) is 6.03. The minimum absolute atomic E-state index is 0.00736. The van der Waals surface area contributed by atoms with E-state index in [9.17, 15) is 4.39 Å². The van der Waals surface area contributed by atoms with Crippen molar-refractivity contribution in [1.29, 1.82) is 0 Å². The van der Waals surface area contributed by atoms with Crippen molar-refractivity contribution in [2.75, 3.05) is 0 Å². The fourth-order valence-electron chi connectivity index (χ4n) is 1.70. The van der Waals surface area contributed by atoms with E-state index in [1.807, 2.05) is 13.0 Å². The molecular weight excluding hydrogens is 257 g/mol. The molecule has 1 nitrogen and oxygen atoms in total. The van der Waals surface area contributed by atoms with Crippen molar-refractivity contribution in [1.82, 2.24) is 0 Å². The van der Waals surface area contributed by atoms with E-state index in [0.29, 0.717) is 0 Å². The molecule has 0 radical (unpaired) electrons. The summed E-state index contributed by atoms with van der Waals surface area (Å²) in [5, 5.41) is 0. The molecule has 3 heteroatoms. The van der Waals surface area contributed by atoms with Gasteiger partial charge in [0.05, 0.1) is 0 Å². The van der Waals surface area contributed by atoms with Crippen LogP contribution in [0.15, 0.2) is 16.6 Å². The van der Waals surface area contributed by atoms with Gasteiger partial charge in [0.1, 0.15) is 5.82 Å². The van der Waals surface area contributed by atoms with E-state index in [-0.39, 0.29) is 11.4 Å². The van der Waals surface area contributed by atoms with Crippen LogP contribution in [0.5, 0.6) is 0 Å². The number of hydrogen-bond acceptors (Lipinski definition) is 1. The Morgan fingerprint density at radius 1 is 1.47 bits per heavy atom. The predicted molar refractivity (Wildman–Crippen MR) is 63.3 cm³/mol. The lowest BCUT2D eigenvalue weighted by atomic mass is 10.0. The van der Waals surface area contributed by atoms with Crippen LogP contribution < -0.4 is 5.73 Å². The molecule has 1 aromatic carbocycles. The van der Waals surface area contributed by atoms with E-state index < -0.39 is 0 Å². The van der Waals surface area contributed by atoms with Crippen LogP contribution in [0.2, 0.25) is 0 Å². The lowest BCUT2D eigenvalue weighted by Crippen LogP contribution is -2.22. The van der Waals surface area contributed by atoms with Crippen molar-refractivity contribution in [3.8, 4) is 0 Å². The SMILES string of the molecule is Cc1cc(CCC2(N)CC2)c(F)cc1Br. The maximum absolute atomic E-state index is 13.6.